The van der Waals surface area contributed by atoms with Crippen LogP contribution < -0.4 is 5.32 Å². The van der Waals surface area contributed by atoms with Crippen LogP contribution in [0.2, 0.25) is 0 Å². The van der Waals surface area contributed by atoms with Gasteiger partial charge in [-0.05, 0) is 30.0 Å². The summed E-state index contributed by atoms with van der Waals surface area (Å²) >= 11 is 0. The van der Waals surface area contributed by atoms with E-state index in [1.807, 2.05) is 24.3 Å². The molecule has 0 heterocycles. The van der Waals surface area contributed by atoms with Crippen molar-refractivity contribution in [1.82, 2.24) is 5.32 Å². The molecule has 1 aromatic carbocycles. The Balaban J connectivity index is 2.17. The molecule has 1 rings (SSSR count). The first-order valence-electron chi connectivity index (χ1n) is 7.44. The maximum atomic E-state index is 11.6. The fourth-order valence-corrected chi connectivity index (χ4v) is 1.88. The van der Waals surface area contributed by atoms with Gasteiger partial charge < -0.3 is 15.5 Å². The molecule has 0 atom stereocenters. The molecule has 3 N–H and O–H groups in total. The number of hydrogen-bond donors (Lipinski definition) is 3. The van der Waals surface area contributed by atoms with E-state index in [9.17, 15) is 9.59 Å². The maximum absolute atomic E-state index is 11.6. The van der Waals surface area contributed by atoms with Gasteiger partial charge in [0.15, 0.2) is 5.78 Å². The standard InChI is InChI=1S/C17H23NO4/c19-12-15-7-5-14(6-8-15)9-10-17(22)18-11-3-1-2-4-16(21)13-20/h5-10,19-20H,1-4,11-13H2,(H,18,22)/b10-9+. The molecule has 0 bridgehead atoms. The van der Waals surface area contributed by atoms with Gasteiger partial charge >= 0.3 is 0 Å². The number of nitrogens with one attached hydrogen (secondary N) is 1. The van der Waals surface area contributed by atoms with E-state index in [1.54, 1.807) is 6.08 Å². The SMILES string of the molecule is O=C(CO)CCCCCNC(=O)/C=C/c1ccc(CO)cc1. The molecule has 120 valence electrons. The summed E-state index contributed by atoms with van der Waals surface area (Å²) in [6.45, 7) is 0.190. The van der Waals surface area contributed by atoms with E-state index in [2.05, 4.69) is 5.32 Å². The second kappa shape index (κ2) is 10.7. The van der Waals surface area contributed by atoms with Crippen molar-refractivity contribution in [2.45, 2.75) is 32.3 Å². The molecule has 1 amide bonds. The molecule has 0 radical (unpaired) electrons. The fraction of sp³-hybridized carbons (Fsp3) is 0.412. The third kappa shape index (κ3) is 7.71. The average molecular weight is 305 g/mol. The first-order valence-corrected chi connectivity index (χ1v) is 7.44. The van der Waals surface area contributed by atoms with Gasteiger partial charge in [0.05, 0.1) is 6.61 Å². The molecule has 5 nitrogen and oxygen atoms in total. The molecule has 0 aliphatic rings. The van der Waals surface area contributed by atoms with Gasteiger partial charge in [-0.25, -0.2) is 0 Å². The molecule has 0 spiro atoms. The lowest BCUT2D eigenvalue weighted by molar-refractivity contribution is -0.122. The second-order valence-corrected chi connectivity index (χ2v) is 5.03. The topological polar surface area (TPSA) is 86.6 Å². The molecule has 0 aliphatic carbocycles. The number of carbonyl (C=O) groups is 2. The van der Waals surface area contributed by atoms with Gasteiger partial charge in [0, 0.05) is 19.0 Å². The largest absolute Gasteiger partial charge is 0.392 e. The van der Waals surface area contributed by atoms with Crippen LogP contribution >= 0.6 is 0 Å². The number of rotatable bonds is 10. The van der Waals surface area contributed by atoms with Crippen molar-refractivity contribution in [2.24, 2.45) is 0 Å². The molecule has 0 saturated carbocycles. The molecule has 0 aromatic heterocycles. The molecule has 5 heteroatoms. The van der Waals surface area contributed by atoms with E-state index in [-0.39, 0.29) is 24.9 Å². The van der Waals surface area contributed by atoms with Crippen LogP contribution in [0.1, 0.15) is 36.8 Å². The lowest BCUT2D eigenvalue weighted by Gasteiger charge is -2.02. The average Bonchev–Trinajstić information content (AvgIpc) is 2.56. The van der Waals surface area contributed by atoms with E-state index < -0.39 is 0 Å². The number of hydrogen-bond acceptors (Lipinski definition) is 4. The van der Waals surface area contributed by atoms with E-state index in [0.29, 0.717) is 13.0 Å². The summed E-state index contributed by atoms with van der Waals surface area (Å²) in [5, 5.41) is 20.3. The van der Waals surface area contributed by atoms with Crippen LogP contribution in [0.4, 0.5) is 0 Å². The molecule has 0 aliphatic heterocycles. The normalized spacial score (nSPS) is 10.8. The van der Waals surface area contributed by atoms with Crippen molar-refractivity contribution in [1.29, 1.82) is 0 Å². The summed E-state index contributed by atoms with van der Waals surface area (Å²) in [6, 6.07) is 7.30. The maximum Gasteiger partial charge on any atom is 0.243 e. The van der Waals surface area contributed by atoms with Gasteiger partial charge in [-0.3, -0.25) is 9.59 Å². The minimum absolute atomic E-state index is 0.00832. The van der Waals surface area contributed by atoms with Crippen LogP contribution in [0.3, 0.4) is 0 Å². The Labute approximate surface area is 130 Å². The second-order valence-electron chi connectivity index (χ2n) is 5.03. The number of Topliss-reactive ketones (excluding diaryl/α,β-unsaturated/α-hetero) is 1. The lowest BCUT2D eigenvalue weighted by Crippen LogP contribution is -2.22. The zero-order valence-electron chi connectivity index (χ0n) is 12.6. The monoisotopic (exact) mass is 305 g/mol. The minimum atomic E-state index is -0.388. The van der Waals surface area contributed by atoms with E-state index in [0.717, 1.165) is 30.4 Å². The zero-order valence-corrected chi connectivity index (χ0v) is 12.6. The first-order chi connectivity index (χ1) is 10.7. The summed E-state index contributed by atoms with van der Waals surface area (Å²) < 4.78 is 0. The number of aliphatic hydroxyl groups excluding tert-OH is 2. The van der Waals surface area contributed by atoms with Crippen molar-refractivity contribution in [3.05, 3.63) is 41.5 Å². The van der Waals surface area contributed by atoms with E-state index in [4.69, 9.17) is 10.2 Å². The Bertz CT molecular complexity index is 494. The van der Waals surface area contributed by atoms with Crippen LogP contribution in [-0.2, 0) is 16.2 Å². The minimum Gasteiger partial charge on any atom is -0.392 e. The number of aliphatic hydroxyl groups is 2. The molecular weight excluding hydrogens is 282 g/mol. The zero-order chi connectivity index (χ0) is 16.2. The molecule has 22 heavy (non-hydrogen) atoms. The molecule has 0 fully saturated rings. The molecule has 0 unspecified atom stereocenters. The van der Waals surface area contributed by atoms with Gasteiger partial charge in [-0.15, -0.1) is 0 Å². The van der Waals surface area contributed by atoms with Gasteiger partial charge in [-0.2, -0.15) is 0 Å². The predicted octanol–water partition coefficient (Wildman–Crippen LogP) is 1.43. The van der Waals surface area contributed by atoms with Gasteiger partial charge in [0.2, 0.25) is 5.91 Å². The number of unbranched alkanes of at least 4 members (excludes halogenated alkanes) is 2. The highest BCUT2D eigenvalue weighted by atomic mass is 16.3. The van der Waals surface area contributed by atoms with Crippen molar-refractivity contribution in [2.75, 3.05) is 13.2 Å². The Morgan fingerprint density at radius 1 is 1.05 bits per heavy atom. The fourth-order valence-electron chi connectivity index (χ4n) is 1.88. The van der Waals surface area contributed by atoms with Crippen LogP contribution in [0.25, 0.3) is 6.08 Å². The Morgan fingerprint density at radius 2 is 1.77 bits per heavy atom. The van der Waals surface area contributed by atoms with E-state index in [1.165, 1.54) is 6.08 Å². The van der Waals surface area contributed by atoms with Crippen molar-refractivity contribution in [3.63, 3.8) is 0 Å². The predicted molar refractivity (Wildman–Crippen MR) is 85.0 cm³/mol. The van der Waals surface area contributed by atoms with Gasteiger partial charge in [-0.1, -0.05) is 30.7 Å². The van der Waals surface area contributed by atoms with E-state index >= 15 is 0 Å². The highest BCUT2D eigenvalue weighted by Crippen LogP contribution is 2.06. The van der Waals surface area contributed by atoms with Gasteiger partial charge in [0.1, 0.15) is 6.61 Å². The highest BCUT2D eigenvalue weighted by molar-refractivity contribution is 5.91. The third-order valence-corrected chi connectivity index (χ3v) is 3.20. The summed E-state index contributed by atoms with van der Waals surface area (Å²) in [5.41, 5.74) is 1.73. The Kier molecular flexibility index (Phi) is 8.79. The number of ketones is 1. The molecule has 0 saturated heterocycles. The summed E-state index contributed by atoms with van der Waals surface area (Å²) in [7, 11) is 0. The summed E-state index contributed by atoms with van der Waals surface area (Å²) in [4.78, 5) is 22.5. The van der Waals surface area contributed by atoms with Crippen molar-refractivity contribution in [3.8, 4) is 0 Å². The Morgan fingerprint density at radius 3 is 2.41 bits per heavy atom. The highest BCUT2D eigenvalue weighted by Gasteiger charge is 1.99. The lowest BCUT2D eigenvalue weighted by atomic mass is 10.1. The first kappa shape index (κ1) is 18.1. The van der Waals surface area contributed by atoms with Crippen molar-refractivity contribution >= 4 is 17.8 Å². The third-order valence-electron chi connectivity index (χ3n) is 3.20. The van der Waals surface area contributed by atoms with Crippen LogP contribution in [0.15, 0.2) is 30.3 Å². The smallest absolute Gasteiger partial charge is 0.243 e. The Hall–Kier alpha value is -1.98. The van der Waals surface area contributed by atoms with Crippen molar-refractivity contribution < 1.29 is 19.8 Å². The van der Waals surface area contributed by atoms with Gasteiger partial charge in [0.25, 0.3) is 0 Å². The van der Waals surface area contributed by atoms with Crippen LogP contribution in [0, 0.1) is 0 Å². The molecule has 1 aromatic rings. The van der Waals surface area contributed by atoms with Crippen LogP contribution in [0.5, 0.6) is 0 Å². The molecular formula is C17H23NO4. The van der Waals surface area contributed by atoms with Crippen LogP contribution in [-0.4, -0.2) is 35.1 Å². The summed E-state index contributed by atoms with van der Waals surface area (Å²) in [6.07, 6.45) is 5.98. The number of carbonyl (C=O) groups excluding carboxylic acids is 2. The summed E-state index contributed by atoms with van der Waals surface area (Å²) in [5.74, 6) is -0.295. The quantitative estimate of drug-likeness (QED) is 0.451. The number of amides is 1. The number of benzene rings is 1.